The van der Waals surface area contributed by atoms with Crippen LogP contribution in [-0.4, -0.2) is 47.7 Å². The smallest absolute Gasteiger partial charge is 0.308 e. The van der Waals surface area contributed by atoms with E-state index in [0.717, 1.165) is 44.0 Å². The van der Waals surface area contributed by atoms with Crippen LogP contribution in [0.15, 0.2) is 60.7 Å². The van der Waals surface area contributed by atoms with Crippen molar-refractivity contribution in [1.82, 2.24) is 0 Å². The Labute approximate surface area is 277 Å². The molecule has 0 radical (unpaired) electrons. The molecule has 7 nitrogen and oxygen atoms in total. The van der Waals surface area contributed by atoms with Gasteiger partial charge in [0.15, 0.2) is 0 Å². The summed E-state index contributed by atoms with van der Waals surface area (Å²) in [5.41, 5.74) is 2.13. The molecule has 1 N–H and O–H groups in total. The Kier molecular flexibility index (Phi) is 6.82. The number of ether oxygens (including phenoxy) is 1. The lowest BCUT2D eigenvalue weighted by molar-refractivity contribution is -0.132. The van der Waals surface area contributed by atoms with Gasteiger partial charge in [0.05, 0.1) is 22.2 Å². The number of carbonyl (C=O) groups excluding carboxylic acids is 3. The van der Waals surface area contributed by atoms with Crippen LogP contribution in [0.3, 0.4) is 0 Å². The van der Waals surface area contributed by atoms with Crippen molar-refractivity contribution in [2.24, 2.45) is 10.8 Å². The fourth-order valence-corrected chi connectivity index (χ4v) is 9.58. The molecule has 2 amide bonds. The zero-order chi connectivity index (χ0) is 32.0. The number of phenols is 1. The van der Waals surface area contributed by atoms with Gasteiger partial charge in [0, 0.05) is 66.5 Å². The van der Waals surface area contributed by atoms with E-state index in [0.29, 0.717) is 62.7 Å². The Morgan fingerprint density at radius 1 is 0.761 bits per heavy atom. The summed E-state index contributed by atoms with van der Waals surface area (Å²) in [6.07, 6.45) is 3.00. The highest BCUT2D eigenvalue weighted by Crippen LogP contribution is 2.64. The van der Waals surface area contributed by atoms with Crippen molar-refractivity contribution >= 4 is 73.9 Å². The maximum absolute atomic E-state index is 14.7. The molecular weight excluding hydrogens is 623 g/mol. The number of carbonyl (C=O) groups is 3. The number of rotatable bonds is 5. The monoisotopic (exact) mass is 656 g/mol. The Hall–Kier alpha value is -3.81. The molecule has 4 aromatic rings. The average molecular weight is 658 g/mol. The number of amides is 2. The normalized spacial score (nSPS) is 26.2. The van der Waals surface area contributed by atoms with Crippen molar-refractivity contribution in [3.8, 4) is 11.5 Å². The van der Waals surface area contributed by atoms with Crippen molar-refractivity contribution < 1.29 is 24.2 Å². The molecule has 8 rings (SSSR count). The molecule has 2 saturated carbocycles. The standard InChI is InChI=1S/C37H34Cl2N2O5/c1-21(42)46-31-15-29-33(27-9-5-3-7-25(27)31)23(17-39)19-41(29)35(45)37-12-10-36(20-37,11-13-37)34(44)40-18-22(16-38)32-26-8-4-2-6-24(26)30(43)14-28(32)40/h2-9,14-15,22-23,43H,10-13,16-20H2,1H3/t22-,23-,36?,37?/m1/s1. The molecule has 2 aliphatic heterocycles. The summed E-state index contributed by atoms with van der Waals surface area (Å²) in [6.45, 7) is 2.27. The molecular formula is C37H34Cl2N2O5. The molecule has 46 heavy (non-hydrogen) atoms. The zero-order valence-corrected chi connectivity index (χ0v) is 27.0. The summed E-state index contributed by atoms with van der Waals surface area (Å²) < 4.78 is 5.63. The van der Waals surface area contributed by atoms with Crippen LogP contribution >= 0.6 is 23.2 Å². The number of nitrogens with zero attached hydrogens (tertiary/aromatic N) is 2. The molecule has 2 bridgehead atoms. The Morgan fingerprint density at radius 2 is 1.22 bits per heavy atom. The average Bonchev–Trinajstić information content (AvgIpc) is 3.84. The quantitative estimate of drug-likeness (QED) is 0.136. The summed E-state index contributed by atoms with van der Waals surface area (Å²) in [5, 5.41) is 14.3. The number of alkyl halides is 2. The van der Waals surface area contributed by atoms with Gasteiger partial charge in [-0.25, -0.2) is 0 Å². The van der Waals surface area contributed by atoms with Crippen LogP contribution in [0.5, 0.6) is 11.5 Å². The van der Waals surface area contributed by atoms with Gasteiger partial charge < -0.3 is 19.6 Å². The molecule has 2 heterocycles. The van der Waals surface area contributed by atoms with Crippen molar-refractivity contribution in [3.63, 3.8) is 0 Å². The van der Waals surface area contributed by atoms with Gasteiger partial charge in [0.1, 0.15) is 11.5 Å². The van der Waals surface area contributed by atoms with Crippen molar-refractivity contribution in [3.05, 3.63) is 71.8 Å². The number of hydrogen-bond donors (Lipinski definition) is 1. The first-order chi connectivity index (χ1) is 22.2. The largest absolute Gasteiger partial charge is 0.507 e. The second-order valence-electron chi connectivity index (χ2n) is 13.6. The van der Waals surface area contributed by atoms with E-state index in [4.69, 9.17) is 27.9 Å². The third-order valence-corrected chi connectivity index (χ3v) is 11.9. The van der Waals surface area contributed by atoms with Crippen LogP contribution in [0.2, 0.25) is 0 Å². The highest BCUT2D eigenvalue weighted by molar-refractivity contribution is 6.20. The van der Waals surface area contributed by atoms with Crippen molar-refractivity contribution in [2.75, 3.05) is 34.6 Å². The van der Waals surface area contributed by atoms with E-state index >= 15 is 0 Å². The third kappa shape index (κ3) is 4.13. The molecule has 0 aromatic heterocycles. The summed E-state index contributed by atoms with van der Waals surface area (Å²) >= 11 is 13.0. The first-order valence-electron chi connectivity index (χ1n) is 15.9. The van der Waals surface area contributed by atoms with Gasteiger partial charge in [0.2, 0.25) is 11.8 Å². The summed E-state index contributed by atoms with van der Waals surface area (Å²) in [5.74, 6) is 0.765. The van der Waals surface area contributed by atoms with Crippen LogP contribution in [0.4, 0.5) is 11.4 Å². The molecule has 4 aromatic carbocycles. The zero-order valence-electron chi connectivity index (χ0n) is 25.5. The van der Waals surface area contributed by atoms with Crippen molar-refractivity contribution in [2.45, 2.75) is 50.9 Å². The van der Waals surface area contributed by atoms with Crippen LogP contribution in [0.1, 0.15) is 62.0 Å². The SMILES string of the molecule is CC(=O)Oc1cc2c(c3ccccc13)[C@H](CCl)CN2C(=O)C12CCC(C(=O)N3C[C@@H](CCl)c4c3cc(O)c3ccccc43)(CC1)C2. The van der Waals surface area contributed by atoms with E-state index in [1.165, 1.54) is 6.92 Å². The maximum atomic E-state index is 14.7. The number of halogens is 2. The second-order valence-corrected chi connectivity index (χ2v) is 14.2. The fraction of sp³-hybridized carbons (Fsp3) is 0.378. The number of aromatic hydroxyl groups is 1. The minimum Gasteiger partial charge on any atom is -0.507 e. The van der Waals surface area contributed by atoms with Gasteiger partial charge >= 0.3 is 5.97 Å². The fourth-order valence-electron chi connectivity index (χ4n) is 9.08. The molecule has 2 fully saturated rings. The number of anilines is 2. The van der Waals surface area contributed by atoms with Gasteiger partial charge in [-0.2, -0.15) is 0 Å². The number of hydrogen-bond acceptors (Lipinski definition) is 5. The molecule has 0 unspecified atom stereocenters. The second kappa shape index (κ2) is 10.6. The van der Waals surface area contributed by atoms with Crippen LogP contribution in [-0.2, 0) is 14.4 Å². The van der Waals surface area contributed by atoms with Crippen molar-refractivity contribution in [1.29, 1.82) is 0 Å². The number of benzene rings is 4. The van der Waals surface area contributed by atoms with E-state index in [2.05, 4.69) is 0 Å². The Bertz CT molecular complexity index is 1970. The number of phenolic OH excluding ortho intramolecular Hbond substituents is 1. The molecule has 0 spiro atoms. The van der Waals surface area contributed by atoms with E-state index < -0.39 is 16.8 Å². The van der Waals surface area contributed by atoms with E-state index in [-0.39, 0.29) is 29.4 Å². The molecule has 0 saturated heterocycles. The number of esters is 1. The van der Waals surface area contributed by atoms with Crippen LogP contribution in [0.25, 0.3) is 21.5 Å². The molecule has 4 aliphatic rings. The van der Waals surface area contributed by atoms with Gasteiger partial charge in [0.25, 0.3) is 0 Å². The molecule has 236 valence electrons. The lowest BCUT2D eigenvalue weighted by Gasteiger charge is -2.32. The lowest BCUT2D eigenvalue weighted by atomic mass is 9.80. The molecule has 9 heteroatoms. The minimum atomic E-state index is -0.665. The highest BCUT2D eigenvalue weighted by atomic mass is 35.5. The van der Waals surface area contributed by atoms with Gasteiger partial charge in [-0.1, -0.05) is 48.5 Å². The van der Waals surface area contributed by atoms with Crippen LogP contribution in [0, 0.1) is 10.8 Å². The first-order valence-corrected chi connectivity index (χ1v) is 17.0. The topological polar surface area (TPSA) is 87.2 Å². The first kappa shape index (κ1) is 29.6. The third-order valence-electron chi connectivity index (χ3n) is 11.1. The minimum absolute atomic E-state index is 0.0155. The Balaban J connectivity index is 1.13. The maximum Gasteiger partial charge on any atom is 0.308 e. The van der Waals surface area contributed by atoms with Crippen LogP contribution < -0.4 is 14.5 Å². The summed E-state index contributed by atoms with van der Waals surface area (Å²) in [6, 6.07) is 19.0. The lowest BCUT2D eigenvalue weighted by Crippen LogP contribution is -2.42. The predicted molar refractivity (Wildman–Crippen MR) is 180 cm³/mol. The predicted octanol–water partition coefficient (Wildman–Crippen LogP) is 7.61. The Morgan fingerprint density at radius 3 is 1.72 bits per heavy atom. The van der Waals surface area contributed by atoms with E-state index in [9.17, 15) is 19.5 Å². The summed E-state index contributed by atoms with van der Waals surface area (Å²) in [4.78, 5) is 45.0. The van der Waals surface area contributed by atoms with Gasteiger partial charge in [-0.15, -0.1) is 23.2 Å². The van der Waals surface area contributed by atoms with Gasteiger partial charge in [-0.05, 0) is 54.0 Å². The molecule has 2 aliphatic carbocycles. The molecule has 2 atom stereocenters. The van der Waals surface area contributed by atoms with E-state index in [1.54, 1.807) is 6.07 Å². The van der Waals surface area contributed by atoms with Gasteiger partial charge in [-0.3, -0.25) is 14.4 Å². The number of fused-ring (bicyclic) bond motifs is 8. The van der Waals surface area contributed by atoms with E-state index in [1.807, 2.05) is 64.4 Å². The highest BCUT2D eigenvalue weighted by Gasteiger charge is 2.63. The summed E-state index contributed by atoms with van der Waals surface area (Å²) in [7, 11) is 0.